The molecule has 0 spiro atoms. The molecule has 2 rings (SSSR count). The van der Waals surface area contributed by atoms with E-state index in [4.69, 9.17) is 0 Å². The topological polar surface area (TPSA) is 66.5 Å². The number of sulfone groups is 1. The summed E-state index contributed by atoms with van der Waals surface area (Å²) in [5.41, 5.74) is 0. The number of hydrogen-bond acceptors (Lipinski definition) is 4. The first kappa shape index (κ1) is 17.9. The Bertz CT molecular complexity index is 650. The minimum absolute atomic E-state index is 0.0422. The summed E-state index contributed by atoms with van der Waals surface area (Å²) < 4.78 is 37.6. The second-order valence-corrected chi connectivity index (χ2v) is 8.38. The molecule has 1 heterocycles. The van der Waals surface area contributed by atoms with Gasteiger partial charge in [-0.15, -0.1) is 0 Å². The summed E-state index contributed by atoms with van der Waals surface area (Å²) in [6.45, 7) is 6.76. The van der Waals surface area contributed by atoms with Gasteiger partial charge in [-0.1, -0.05) is 6.92 Å². The maximum atomic E-state index is 12.9. The number of carbonyl (C=O) groups is 1. The molecular weight excluding hydrogens is 319 g/mol. The van der Waals surface area contributed by atoms with Gasteiger partial charge in [0.05, 0.1) is 10.6 Å². The first-order valence-corrected chi connectivity index (χ1v) is 9.37. The van der Waals surface area contributed by atoms with E-state index in [0.29, 0.717) is 13.1 Å². The fourth-order valence-corrected chi connectivity index (χ4v) is 4.50. The molecule has 5 nitrogen and oxygen atoms in total. The molecule has 128 valence electrons. The van der Waals surface area contributed by atoms with E-state index < -0.39 is 21.6 Å². The third-order valence-corrected chi connectivity index (χ3v) is 5.86. The van der Waals surface area contributed by atoms with Crippen LogP contribution in [0.4, 0.5) is 4.39 Å². The van der Waals surface area contributed by atoms with Gasteiger partial charge in [-0.25, -0.2) is 12.8 Å². The van der Waals surface area contributed by atoms with Crippen molar-refractivity contribution in [3.8, 4) is 0 Å². The highest BCUT2D eigenvalue weighted by Gasteiger charge is 2.30. The number of halogens is 1. The first-order chi connectivity index (χ1) is 10.7. The molecule has 3 atom stereocenters. The zero-order valence-corrected chi connectivity index (χ0v) is 14.4. The van der Waals surface area contributed by atoms with Gasteiger partial charge in [-0.2, -0.15) is 0 Å². The summed E-state index contributed by atoms with van der Waals surface area (Å²) in [7, 11) is -3.62. The SMILES string of the molecule is CC1CN(C(=O)C(C)CS(=O)(=O)c2ccc(F)cc2)CC(C)N1. The maximum Gasteiger partial charge on any atom is 0.226 e. The predicted octanol–water partition coefficient (Wildman–Crippen LogP) is 1.44. The van der Waals surface area contributed by atoms with Crippen LogP contribution in [0.15, 0.2) is 29.2 Å². The van der Waals surface area contributed by atoms with Crippen LogP contribution in [0.3, 0.4) is 0 Å². The maximum absolute atomic E-state index is 12.9. The molecule has 0 aliphatic carbocycles. The van der Waals surface area contributed by atoms with Crippen LogP contribution in [0.2, 0.25) is 0 Å². The smallest absolute Gasteiger partial charge is 0.226 e. The van der Waals surface area contributed by atoms with Crippen molar-refractivity contribution in [2.45, 2.75) is 37.8 Å². The summed E-state index contributed by atoms with van der Waals surface area (Å²) in [5, 5.41) is 3.33. The lowest BCUT2D eigenvalue weighted by molar-refractivity contribution is -0.136. The normalized spacial score (nSPS) is 23.6. The van der Waals surface area contributed by atoms with E-state index in [1.165, 1.54) is 12.1 Å². The molecule has 0 radical (unpaired) electrons. The van der Waals surface area contributed by atoms with Crippen LogP contribution in [0.5, 0.6) is 0 Å². The monoisotopic (exact) mass is 342 g/mol. The van der Waals surface area contributed by atoms with Crippen molar-refractivity contribution in [1.29, 1.82) is 0 Å². The number of nitrogens with one attached hydrogen (secondary N) is 1. The highest BCUT2D eigenvalue weighted by Crippen LogP contribution is 2.17. The number of carbonyl (C=O) groups excluding carboxylic acids is 1. The lowest BCUT2D eigenvalue weighted by atomic mass is 10.1. The number of nitrogens with zero attached hydrogens (tertiary/aromatic N) is 1. The lowest BCUT2D eigenvalue weighted by Crippen LogP contribution is -2.57. The van der Waals surface area contributed by atoms with Crippen molar-refractivity contribution >= 4 is 15.7 Å². The fraction of sp³-hybridized carbons (Fsp3) is 0.562. The van der Waals surface area contributed by atoms with Gasteiger partial charge in [0, 0.05) is 31.1 Å². The summed E-state index contributed by atoms with van der Waals surface area (Å²) in [6, 6.07) is 5.05. The zero-order chi connectivity index (χ0) is 17.2. The standard InChI is InChI=1S/C16H23FN2O3S/c1-11(16(20)19-8-12(2)18-13(3)9-19)10-23(21,22)15-6-4-14(17)5-7-15/h4-7,11-13,18H,8-10H2,1-3H3. The number of benzene rings is 1. The Morgan fingerprint density at radius 2 is 1.78 bits per heavy atom. The van der Waals surface area contributed by atoms with Gasteiger partial charge in [-0.3, -0.25) is 4.79 Å². The lowest BCUT2D eigenvalue weighted by Gasteiger charge is -2.37. The van der Waals surface area contributed by atoms with Crippen LogP contribution in [0.25, 0.3) is 0 Å². The Morgan fingerprint density at radius 1 is 1.26 bits per heavy atom. The van der Waals surface area contributed by atoms with Crippen LogP contribution in [0, 0.1) is 11.7 Å². The highest BCUT2D eigenvalue weighted by atomic mass is 32.2. The van der Waals surface area contributed by atoms with Crippen molar-refractivity contribution in [2.75, 3.05) is 18.8 Å². The minimum Gasteiger partial charge on any atom is -0.339 e. The molecule has 1 aliphatic heterocycles. The van der Waals surface area contributed by atoms with Crippen molar-refractivity contribution < 1.29 is 17.6 Å². The van der Waals surface area contributed by atoms with E-state index in [1.807, 2.05) is 13.8 Å². The van der Waals surface area contributed by atoms with E-state index in [1.54, 1.807) is 11.8 Å². The molecule has 7 heteroatoms. The molecule has 1 amide bonds. The molecular formula is C16H23FN2O3S. The van der Waals surface area contributed by atoms with Crippen LogP contribution < -0.4 is 5.32 Å². The molecule has 0 bridgehead atoms. The number of amides is 1. The molecule has 1 saturated heterocycles. The van der Waals surface area contributed by atoms with Crippen LogP contribution >= 0.6 is 0 Å². The highest BCUT2D eigenvalue weighted by molar-refractivity contribution is 7.91. The second kappa shape index (κ2) is 6.97. The van der Waals surface area contributed by atoms with Gasteiger partial charge >= 0.3 is 0 Å². The van der Waals surface area contributed by atoms with Gasteiger partial charge < -0.3 is 10.2 Å². The van der Waals surface area contributed by atoms with E-state index in [-0.39, 0.29) is 28.6 Å². The Hall–Kier alpha value is -1.47. The molecule has 1 aliphatic rings. The fourth-order valence-electron chi connectivity index (χ4n) is 2.96. The molecule has 1 fully saturated rings. The Morgan fingerprint density at radius 3 is 2.30 bits per heavy atom. The Kier molecular flexibility index (Phi) is 5.41. The van der Waals surface area contributed by atoms with Gasteiger partial charge in [0.15, 0.2) is 9.84 Å². The van der Waals surface area contributed by atoms with Crippen LogP contribution in [0.1, 0.15) is 20.8 Å². The first-order valence-electron chi connectivity index (χ1n) is 7.72. The zero-order valence-electron chi connectivity index (χ0n) is 13.6. The van der Waals surface area contributed by atoms with E-state index in [0.717, 1.165) is 12.1 Å². The summed E-state index contributed by atoms with van der Waals surface area (Å²) in [5.74, 6) is -1.56. The van der Waals surface area contributed by atoms with Crippen LogP contribution in [-0.2, 0) is 14.6 Å². The van der Waals surface area contributed by atoms with E-state index in [9.17, 15) is 17.6 Å². The van der Waals surface area contributed by atoms with Gasteiger partial charge in [0.2, 0.25) is 5.91 Å². The Balaban J connectivity index is 2.06. The van der Waals surface area contributed by atoms with E-state index in [2.05, 4.69) is 5.32 Å². The summed E-state index contributed by atoms with van der Waals surface area (Å²) >= 11 is 0. The van der Waals surface area contributed by atoms with Crippen LogP contribution in [-0.4, -0.2) is 50.2 Å². The van der Waals surface area contributed by atoms with Gasteiger partial charge in [-0.05, 0) is 38.1 Å². The molecule has 23 heavy (non-hydrogen) atoms. The van der Waals surface area contributed by atoms with Crippen molar-refractivity contribution in [3.05, 3.63) is 30.1 Å². The second-order valence-electron chi connectivity index (χ2n) is 6.35. The number of piperazine rings is 1. The van der Waals surface area contributed by atoms with Crippen molar-refractivity contribution in [1.82, 2.24) is 10.2 Å². The van der Waals surface area contributed by atoms with E-state index >= 15 is 0 Å². The number of hydrogen-bond donors (Lipinski definition) is 1. The molecule has 3 unspecified atom stereocenters. The number of rotatable bonds is 4. The average molecular weight is 342 g/mol. The predicted molar refractivity (Wildman–Crippen MR) is 86.3 cm³/mol. The van der Waals surface area contributed by atoms with Crippen molar-refractivity contribution in [3.63, 3.8) is 0 Å². The molecule has 1 aromatic carbocycles. The molecule has 1 N–H and O–H groups in total. The third kappa shape index (κ3) is 4.51. The Labute approximate surface area is 136 Å². The molecule has 1 aromatic rings. The summed E-state index contributed by atoms with van der Waals surface area (Å²) in [4.78, 5) is 14.3. The van der Waals surface area contributed by atoms with Gasteiger partial charge in [0.25, 0.3) is 0 Å². The minimum atomic E-state index is -3.62. The van der Waals surface area contributed by atoms with Gasteiger partial charge in [0.1, 0.15) is 5.82 Å². The largest absolute Gasteiger partial charge is 0.339 e. The molecule has 0 aromatic heterocycles. The van der Waals surface area contributed by atoms with Crippen molar-refractivity contribution in [2.24, 2.45) is 5.92 Å². The average Bonchev–Trinajstić information content (AvgIpc) is 2.45. The third-order valence-electron chi connectivity index (χ3n) is 3.93. The summed E-state index contributed by atoms with van der Waals surface area (Å²) in [6.07, 6.45) is 0. The quantitative estimate of drug-likeness (QED) is 0.841. The molecule has 0 saturated carbocycles.